The molecule has 0 aliphatic heterocycles. The monoisotopic (exact) mass is 382 g/mol. The van der Waals surface area contributed by atoms with Crippen molar-refractivity contribution in [2.24, 2.45) is 0 Å². The zero-order valence-electron chi connectivity index (χ0n) is 14.7. The van der Waals surface area contributed by atoms with E-state index in [4.69, 9.17) is 4.42 Å². The Kier molecular flexibility index (Phi) is 4.96. The fourth-order valence-electron chi connectivity index (χ4n) is 2.74. The molecule has 0 unspecified atom stereocenters. The van der Waals surface area contributed by atoms with Gasteiger partial charge in [0.15, 0.2) is 0 Å². The smallest absolute Gasteiger partial charge is 0.345 e. The summed E-state index contributed by atoms with van der Waals surface area (Å²) in [7, 11) is 0. The minimum atomic E-state index is -0.443. The number of para-hydroxylation sites is 1. The lowest BCUT2D eigenvalue weighted by Gasteiger charge is -1.99. The Bertz CT molecular complexity index is 1290. The topological polar surface area (TPSA) is 66.9 Å². The van der Waals surface area contributed by atoms with Crippen LogP contribution in [0.4, 0.5) is 0 Å². The summed E-state index contributed by atoms with van der Waals surface area (Å²) in [6, 6.07) is 21.1. The second kappa shape index (κ2) is 7.87. The van der Waals surface area contributed by atoms with Crippen LogP contribution >= 0.6 is 11.3 Å². The minimum Gasteiger partial charge on any atom is -0.422 e. The van der Waals surface area contributed by atoms with Gasteiger partial charge in [-0.15, -0.1) is 11.3 Å². The molecular formula is C23H14N2O2S. The fraction of sp³-hybridized carbons (Fsp3) is 0. The second-order valence-corrected chi connectivity index (χ2v) is 6.84. The Balaban J connectivity index is 1.66. The molecule has 2 aromatic carbocycles. The second-order valence-electron chi connectivity index (χ2n) is 5.99. The van der Waals surface area contributed by atoms with E-state index in [-0.39, 0.29) is 0 Å². The molecule has 0 saturated carbocycles. The van der Waals surface area contributed by atoms with Gasteiger partial charge in [0, 0.05) is 10.8 Å². The van der Waals surface area contributed by atoms with Gasteiger partial charge < -0.3 is 4.42 Å². The first-order valence-electron chi connectivity index (χ1n) is 8.57. The average Bonchev–Trinajstić information content (AvgIpc) is 3.21. The normalized spacial score (nSPS) is 11.8. The number of rotatable bonds is 4. The Morgan fingerprint density at radius 2 is 1.89 bits per heavy atom. The highest BCUT2D eigenvalue weighted by Gasteiger charge is 2.13. The number of fused-ring (bicyclic) bond motifs is 1. The Morgan fingerprint density at radius 1 is 1.11 bits per heavy atom. The summed E-state index contributed by atoms with van der Waals surface area (Å²) < 4.78 is 5.38. The van der Waals surface area contributed by atoms with Gasteiger partial charge in [0.2, 0.25) is 0 Å². The first kappa shape index (κ1) is 17.7. The molecule has 28 heavy (non-hydrogen) atoms. The third-order valence-electron chi connectivity index (χ3n) is 4.12. The summed E-state index contributed by atoms with van der Waals surface area (Å²) >= 11 is 1.32. The van der Waals surface area contributed by atoms with Crippen molar-refractivity contribution in [2.75, 3.05) is 0 Å². The van der Waals surface area contributed by atoms with Crippen LogP contribution < -0.4 is 5.63 Å². The van der Waals surface area contributed by atoms with E-state index < -0.39 is 5.63 Å². The van der Waals surface area contributed by atoms with Crippen molar-refractivity contribution >= 4 is 34.0 Å². The average molecular weight is 382 g/mol. The third-order valence-corrected chi connectivity index (χ3v) is 5.00. The molecule has 0 aliphatic rings. The molecule has 0 spiro atoms. The highest BCUT2D eigenvalue weighted by atomic mass is 32.1. The SMILES string of the molecule is N#C/C(=C/C=C\c1ccccc1)c1nc(-c2cc3ccccc3oc2=O)cs1. The van der Waals surface area contributed by atoms with Crippen LogP contribution in [0.25, 0.3) is 33.9 Å². The number of nitriles is 1. The van der Waals surface area contributed by atoms with Crippen molar-refractivity contribution in [2.45, 2.75) is 0 Å². The van der Waals surface area contributed by atoms with Crippen LogP contribution in [0.5, 0.6) is 0 Å². The lowest BCUT2D eigenvalue weighted by molar-refractivity contribution is 0.563. The van der Waals surface area contributed by atoms with Crippen molar-refractivity contribution in [1.29, 1.82) is 5.26 Å². The van der Waals surface area contributed by atoms with Gasteiger partial charge in [-0.1, -0.05) is 60.7 Å². The summed E-state index contributed by atoms with van der Waals surface area (Å²) in [4.78, 5) is 16.8. The zero-order valence-corrected chi connectivity index (χ0v) is 15.5. The molecule has 0 radical (unpaired) electrons. The lowest BCUT2D eigenvalue weighted by Crippen LogP contribution is -2.02. The summed E-state index contributed by atoms with van der Waals surface area (Å²) in [6.45, 7) is 0. The van der Waals surface area contributed by atoms with Crippen LogP contribution in [0.15, 0.2) is 87.4 Å². The van der Waals surface area contributed by atoms with E-state index in [1.165, 1.54) is 11.3 Å². The van der Waals surface area contributed by atoms with Gasteiger partial charge >= 0.3 is 5.63 Å². The van der Waals surface area contributed by atoms with Crippen molar-refractivity contribution < 1.29 is 4.42 Å². The number of thiazole rings is 1. The maximum Gasteiger partial charge on any atom is 0.345 e. The molecule has 0 atom stereocenters. The molecule has 5 heteroatoms. The van der Waals surface area contributed by atoms with Crippen molar-refractivity contribution in [3.05, 3.63) is 99.2 Å². The molecule has 0 fully saturated rings. The van der Waals surface area contributed by atoms with Crippen LogP contribution in [0.2, 0.25) is 0 Å². The highest BCUT2D eigenvalue weighted by Crippen LogP contribution is 2.26. The lowest BCUT2D eigenvalue weighted by atomic mass is 10.1. The Hall–Kier alpha value is -3.75. The van der Waals surface area contributed by atoms with Gasteiger partial charge in [-0.05, 0) is 23.8 Å². The van der Waals surface area contributed by atoms with E-state index in [0.717, 1.165) is 10.9 Å². The van der Waals surface area contributed by atoms with E-state index in [1.807, 2.05) is 60.7 Å². The summed E-state index contributed by atoms with van der Waals surface area (Å²) in [5, 5.41) is 12.6. The number of aromatic nitrogens is 1. The molecule has 2 aromatic heterocycles. The first-order valence-corrected chi connectivity index (χ1v) is 9.45. The van der Waals surface area contributed by atoms with E-state index in [1.54, 1.807) is 23.6 Å². The molecule has 2 heterocycles. The zero-order chi connectivity index (χ0) is 19.3. The molecule has 0 N–H and O–H groups in total. The van der Waals surface area contributed by atoms with Crippen molar-refractivity contribution in [3.8, 4) is 17.3 Å². The maximum absolute atomic E-state index is 12.3. The first-order chi connectivity index (χ1) is 13.7. The van der Waals surface area contributed by atoms with E-state index in [2.05, 4.69) is 11.1 Å². The van der Waals surface area contributed by atoms with Gasteiger partial charge in [0.1, 0.15) is 16.7 Å². The van der Waals surface area contributed by atoms with Crippen LogP contribution in [-0.2, 0) is 0 Å². The van der Waals surface area contributed by atoms with Gasteiger partial charge in [-0.3, -0.25) is 0 Å². The van der Waals surface area contributed by atoms with E-state index in [9.17, 15) is 10.1 Å². The van der Waals surface area contributed by atoms with Gasteiger partial charge in [-0.2, -0.15) is 5.26 Å². The molecule has 0 saturated heterocycles. The van der Waals surface area contributed by atoms with Crippen LogP contribution in [-0.4, -0.2) is 4.98 Å². The van der Waals surface area contributed by atoms with Crippen LogP contribution in [0, 0.1) is 11.3 Å². The van der Waals surface area contributed by atoms with Gasteiger partial charge in [0.25, 0.3) is 0 Å². The van der Waals surface area contributed by atoms with Crippen molar-refractivity contribution in [1.82, 2.24) is 4.98 Å². The number of hydrogen-bond acceptors (Lipinski definition) is 5. The Morgan fingerprint density at radius 3 is 2.71 bits per heavy atom. The molecule has 134 valence electrons. The largest absolute Gasteiger partial charge is 0.422 e. The van der Waals surface area contributed by atoms with Gasteiger partial charge in [-0.25, -0.2) is 9.78 Å². The molecule has 4 nitrogen and oxygen atoms in total. The summed E-state index contributed by atoms with van der Waals surface area (Å²) in [6.07, 6.45) is 5.46. The highest BCUT2D eigenvalue weighted by molar-refractivity contribution is 7.11. The summed E-state index contributed by atoms with van der Waals surface area (Å²) in [5.74, 6) is 0. The summed E-state index contributed by atoms with van der Waals surface area (Å²) in [5.41, 5.74) is 2.47. The standard InChI is InChI=1S/C23H14N2O2S/c24-14-18(11-6-9-16-7-2-1-3-8-16)22-25-20(15-28-22)19-13-17-10-4-5-12-21(17)27-23(19)26/h1-13,15H/b9-6-,18-11-. The Labute approximate surface area is 165 Å². The molecule has 4 rings (SSSR count). The fourth-order valence-corrected chi connectivity index (χ4v) is 3.53. The molecular weight excluding hydrogens is 368 g/mol. The van der Waals surface area contributed by atoms with Crippen LogP contribution in [0.3, 0.4) is 0 Å². The van der Waals surface area contributed by atoms with Gasteiger partial charge in [0.05, 0.1) is 16.8 Å². The molecule has 4 aromatic rings. The molecule has 0 aliphatic carbocycles. The predicted octanol–water partition coefficient (Wildman–Crippen LogP) is 5.54. The quantitative estimate of drug-likeness (QED) is 0.264. The number of nitrogens with zero attached hydrogens (tertiary/aromatic N) is 2. The predicted molar refractivity (Wildman–Crippen MR) is 113 cm³/mol. The van der Waals surface area contributed by atoms with Crippen molar-refractivity contribution in [3.63, 3.8) is 0 Å². The molecule has 0 amide bonds. The number of benzene rings is 2. The molecule has 0 bridgehead atoms. The van der Waals surface area contributed by atoms with E-state index >= 15 is 0 Å². The minimum absolute atomic E-state index is 0.387. The maximum atomic E-state index is 12.3. The van der Waals surface area contributed by atoms with Crippen LogP contribution in [0.1, 0.15) is 10.6 Å². The third kappa shape index (κ3) is 3.68. The van der Waals surface area contributed by atoms with E-state index in [0.29, 0.717) is 27.4 Å². The number of allylic oxidation sites excluding steroid dienone is 3. The number of hydrogen-bond donors (Lipinski definition) is 0.